The van der Waals surface area contributed by atoms with Gasteiger partial charge in [0.1, 0.15) is 5.69 Å². The lowest BCUT2D eigenvalue weighted by atomic mass is 10.1. The molecule has 0 saturated carbocycles. The number of aromatic nitrogens is 1. The number of likely N-dealkylation sites (tertiary alicyclic amines) is 1. The minimum Gasteiger partial charge on any atom is -0.356 e. The third-order valence-electron chi connectivity index (χ3n) is 4.64. The average Bonchev–Trinajstić information content (AvgIpc) is 2.97. The van der Waals surface area contributed by atoms with Crippen LogP contribution in [0, 0.1) is 5.92 Å². The molecule has 1 aromatic heterocycles. The molecule has 3 rings (SSSR count). The molecule has 1 amide bonds. The predicted octanol–water partition coefficient (Wildman–Crippen LogP) is 2.43. The first-order valence-corrected chi connectivity index (χ1v) is 10.4. The number of carbonyl (C=O) groups is 1. The van der Waals surface area contributed by atoms with Gasteiger partial charge in [-0.05, 0) is 30.9 Å². The first-order valence-electron chi connectivity index (χ1n) is 8.69. The van der Waals surface area contributed by atoms with Crippen molar-refractivity contribution in [2.24, 2.45) is 5.92 Å². The number of fused-ring (bicyclic) bond motifs is 1. The van der Waals surface area contributed by atoms with Gasteiger partial charge in [-0.2, -0.15) is 0 Å². The van der Waals surface area contributed by atoms with Crippen LogP contribution in [0.1, 0.15) is 32.4 Å². The number of nitrogens with zero attached hydrogens (tertiary/aromatic N) is 2. The van der Waals surface area contributed by atoms with E-state index in [4.69, 9.17) is 4.52 Å². The molecule has 0 aliphatic carbocycles. The van der Waals surface area contributed by atoms with Gasteiger partial charge >= 0.3 is 0 Å². The minimum absolute atomic E-state index is 0.0289. The molecule has 136 valence electrons. The van der Waals surface area contributed by atoms with Crippen LogP contribution in [0.4, 0.5) is 0 Å². The molecule has 0 atom stereocenters. The molecular formula is C18H24N2O4S. The SMILES string of the molecule is CC(C)CS(=O)(=O)C1CCN(C(=O)Cc2noc3ccccc23)CC1. The third kappa shape index (κ3) is 4.03. The zero-order valence-electron chi connectivity index (χ0n) is 14.6. The molecule has 7 heteroatoms. The summed E-state index contributed by atoms with van der Waals surface area (Å²) in [5, 5.41) is 4.52. The van der Waals surface area contributed by atoms with E-state index >= 15 is 0 Å². The van der Waals surface area contributed by atoms with E-state index < -0.39 is 9.84 Å². The summed E-state index contributed by atoms with van der Waals surface area (Å²) in [6.45, 7) is 4.80. The summed E-state index contributed by atoms with van der Waals surface area (Å²) in [6.07, 6.45) is 1.21. The third-order valence-corrected chi connectivity index (χ3v) is 7.26. The van der Waals surface area contributed by atoms with Gasteiger partial charge in [-0.15, -0.1) is 0 Å². The average molecular weight is 364 g/mol. The summed E-state index contributed by atoms with van der Waals surface area (Å²) < 4.78 is 29.9. The minimum atomic E-state index is -3.08. The van der Waals surface area contributed by atoms with Crippen molar-refractivity contribution in [3.8, 4) is 0 Å². The largest absolute Gasteiger partial charge is 0.356 e. The maximum atomic E-state index is 12.5. The van der Waals surface area contributed by atoms with Gasteiger partial charge < -0.3 is 9.42 Å². The van der Waals surface area contributed by atoms with Crippen LogP contribution in [0.2, 0.25) is 0 Å². The number of sulfone groups is 1. The monoisotopic (exact) mass is 364 g/mol. The lowest BCUT2D eigenvalue weighted by Gasteiger charge is -2.32. The van der Waals surface area contributed by atoms with Crippen molar-refractivity contribution in [2.45, 2.75) is 38.4 Å². The number of amides is 1. The number of hydrogen-bond acceptors (Lipinski definition) is 5. The number of benzene rings is 1. The Morgan fingerprint density at radius 1 is 1.28 bits per heavy atom. The maximum absolute atomic E-state index is 12.5. The molecule has 25 heavy (non-hydrogen) atoms. The van der Waals surface area contributed by atoms with E-state index in [1.807, 2.05) is 38.1 Å². The van der Waals surface area contributed by atoms with Crippen LogP contribution in [0.3, 0.4) is 0 Å². The Bertz CT molecular complexity index is 849. The molecule has 6 nitrogen and oxygen atoms in total. The van der Waals surface area contributed by atoms with E-state index in [0.29, 0.717) is 37.2 Å². The normalized spacial score (nSPS) is 16.7. The highest BCUT2D eigenvalue weighted by molar-refractivity contribution is 7.92. The summed E-state index contributed by atoms with van der Waals surface area (Å²) in [7, 11) is -3.08. The second-order valence-electron chi connectivity index (χ2n) is 7.11. The van der Waals surface area contributed by atoms with Gasteiger partial charge in [-0.3, -0.25) is 4.79 Å². The molecule has 0 N–H and O–H groups in total. The second-order valence-corrected chi connectivity index (χ2v) is 9.43. The Morgan fingerprint density at radius 3 is 2.64 bits per heavy atom. The van der Waals surface area contributed by atoms with Crippen molar-refractivity contribution in [1.82, 2.24) is 10.1 Å². The molecular weight excluding hydrogens is 340 g/mol. The Labute approximate surface area is 148 Å². The van der Waals surface area contributed by atoms with Crippen molar-refractivity contribution in [3.63, 3.8) is 0 Å². The number of rotatable bonds is 5. The fraction of sp³-hybridized carbons (Fsp3) is 0.556. The second kappa shape index (κ2) is 7.15. The summed E-state index contributed by atoms with van der Waals surface area (Å²) in [5.74, 6) is 0.320. The molecule has 1 saturated heterocycles. The lowest BCUT2D eigenvalue weighted by molar-refractivity contribution is -0.131. The predicted molar refractivity (Wildman–Crippen MR) is 95.9 cm³/mol. The topological polar surface area (TPSA) is 80.5 Å². The molecule has 0 radical (unpaired) electrons. The molecule has 1 aromatic carbocycles. The van der Waals surface area contributed by atoms with Gasteiger partial charge in [0.05, 0.1) is 17.4 Å². The molecule has 2 heterocycles. The molecule has 0 unspecified atom stereocenters. The first kappa shape index (κ1) is 17.9. The molecule has 0 bridgehead atoms. The van der Waals surface area contributed by atoms with Gasteiger partial charge in [0.25, 0.3) is 0 Å². The summed E-state index contributed by atoms with van der Waals surface area (Å²) in [4.78, 5) is 14.3. The fourth-order valence-corrected chi connectivity index (χ4v) is 5.52. The zero-order chi connectivity index (χ0) is 18.0. The van der Waals surface area contributed by atoms with E-state index in [1.165, 1.54) is 0 Å². The van der Waals surface area contributed by atoms with Gasteiger partial charge in [0.2, 0.25) is 5.91 Å². The van der Waals surface area contributed by atoms with Crippen LogP contribution < -0.4 is 0 Å². The van der Waals surface area contributed by atoms with Gasteiger partial charge in [-0.25, -0.2) is 8.42 Å². The van der Waals surface area contributed by atoms with E-state index in [2.05, 4.69) is 5.16 Å². The van der Waals surface area contributed by atoms with Gasteiger partial charge in [-0.1, -0.05) is 31.1 Å². The summed E-state index contributed by atoms with van der Waals surface area (Å²) in [6, 6.07) is 7.46. The number of piperidine rings is 1. The van der Waals surface area contributed by atoms with E-state index in [1.54, 1.807) is 4.90 Å². The standard InChI is InChI=1S/C18H24N2O4S/c1-13(2)12-25(22,23)14-7-9-20(10-8-14)18(21)11-16-15-5-3-4-6-17(15)24-19-16/h3-6,13-14H,7-12H2,1-2H3. The summed E-state index contributed by atoms with van der Waals surface area (Å²) in [5.41, 5.74) is 1.30. The van der Waals surface area contributed by atoms with Crippen LogP contribution in [0.25, 0.3) is 11.0 Å². The molecule has 1 aliphatic rings. The van der Waals surface area contributed by atoms with Crippen LogP contribution in [-0.2, 0) is 21.1 Å². The van der Waals surface area contributed by atoms with Crippen LogP contribution in [0.15, 0.2) is 28.8 Å². The highest BCUT2D eigenvalue weighted by Gasteiger charge is 2.32. The van der Waals surface area contributed by atoms with Crippen LogP contribution >= 0.6 is 0 Å². The number of carbonyl (C=O) groups excluding carboxylic acids is 1. The van der Waals surface area contributed by atoms with E-state index in [0.717, 1.165) is 5.39 Å². The number of hydrogen-bond donors (Lipinski definition) is 0. The quantitative estimate of drug-likeness (QED) is 0.814. The lowest BCUT2D eigenvalue weighted by Crippen LogP contribution is -2.43. The van der Waals surface area contributed by atoms with Crippen LogP contribution in [0.5, 0.6) is 0 Å². The Morgan fingerprint density at radius 2 is 1.96 bits per heavy atom. The smallest absolute Gasteiger partial charge is 0.228 e. The zero-order valence-corrected chi connectivity index (χ0v) is 15.5. The summed E-state index contributed by atoms with van der Waals surface area (Å²) >= 11 is 0. The molecule has 1 fully saturated rings. The van der Waals surface area contributed by atoms with E-state index in [9.17, 15) is 13.2 Å². The fourth-order valence-electron chi connectivity index (χ4n) is 3.39. The Hall–Kier alpha value is -1.89. The van der Waals surface area contributed by atoms with E-state index in [-0.39, 0.29) is 29.2 Å². The highest BCUT2D eigenvalue weighted by atomic mass is 32.2. The maximum Gasteiger partial charge on any atom is 0.228 e. The molecule has 2 aromatic rings. The van der Waals surface area contributed by atoms with Crippen molar-refractivity contribution in [3.05, 3.63) is 30.0 Å². The van der Waals surface area contributed by atoms with Crippen molar-refractivity contribution in [1.29, 1.82) is 0 Å². The Kier molecular flexibility index (Phi) is 5.13. The number of para-hydroxylation sites is 1. The highest BCUT2D eigenvalue weighted by Crippen LogP contribution is 2.22. The van der Waals surface area contributed by atoms with Gasteiger partial charge in [0.15, 0.2) is 15.4 Å². The Balaban J connectivity index is 1.60. The molecule has 1 aliphatic heterocycles. The van der Waals surface area contributed by atoms with Crippen molar-refractivity contribution in [2.75, 3.05) is 18.8 Å². The van der Waals surface area contributed by atoms with Crippen LogP contribution in [-0.4, -0.2) is 48.5 Å². The van der Waals surface area contributed by atoms with Gasteiger partial charge in [0, 0.05) is 18.5 Å². The van der Waals surface area contributed by atoms with Crippen molar-refractivity contribution < 1.29 is 17.7 Å². The van der Waals surface area contributed by atoms with Crippen molar-refractivity contribution >= 4 is 26.7 Å². The molecule has 0 spiro atoms. The first-order chi connectivity index (χ1) is 11.9.